The fourth-order valence-electron chi connectivity index (χ4n) is 7.21. The molecule has 2 aromatic carbocycles. The molecule has 2 saturated heterocycles. The number of hydrogen-bond acceptors (Lipinski definition) is 7. The SMILES string of the molecule is CCC/C(=C\c1cc(C)c(O)c(C)c1)CC[C@H]1OB(O)C[C@H]2C1=C(C)C[C@H]1C(=O)N(c3cccc(B(O)O)c3)C(=O)[C@H]12. The third kappa shape index (κ3) is 5.73. The topological polar surface area (TPSA) is 128 Å². The van der Waals surface area contributed by atoms with Gasteiger partial charge in [-0.25, -0.2) is 0 Å². The summed E-state index contributed by atoms with van der Waals surface area (Å²) in [6.07, 6.45) is 5.77. The van der Waals surface area contributed by atoms with E-state index in [2.05, 4.69) is 13.0 Å². The van der Waals surface area contributed by atoms with Crippen molar-refractivity contribution < 1.29 is 34.4 Å². The molecule has 4 atom stereocenters. The maximum Gasteiger partial charge on any atom is 0.488 e. The summed E-state index contributed by atoms with van der Waals surface area (Å²) in [6, 6.07) is 10.2. The zero-order chi connectivity index (χ0) is 30.3. The molecule has 2 fully saturated rings. The lowest BCUT2D eigenvalue weighted by Gasteiger charge is -2.42. The second-order valence-electron chi connectivity index (χ2n) is 12.1. The van der Waals surface area contributed by atoms with Gasteiger partial charge in [0.15, 0.2) is 0 Å². The molecular weight excluding hydrogens is 532 g/mol. The molecule has 4 N–H and O–H groups in total. The molecule has 8 nitrogen and oxygen atoms in total. The summed E-state index contributed by atoms with van der Waals surface area (Å²) >= 11 is 0. The average molecular weight is 571 g/mol. The van der Waals surface area contributed by atoms with Crippen LogP contribution in [0.2, 0.25) is 6.32 Å². The second-order valence-corrected chi connectivity index (χ2v) is 12.1. The zero-order valence-electron chi connectivity index (χ0n) is 24.7. The first kappa shape index (κ1) is 30.3. The van der Waals surface area contributed by atoms with E-state index in [0.29, 0.717) is 24.3 Å². The highest BCUT2D eigenvalue weighted by atomic mass is 16.5. The minimum atomic E-state index is -1.71. The Morgan fingerprint density at radius 1 is 1.07 bits per heavy atom. The standard InChI is InChI=1S/C32H39B2NO7/c1-5-7-21(15-22-12-19(3)30(36)20(4)13-22)10-11-27-28-18(2)14-25-29(26(28)17-33(39)42-27)32(38)35(31(25)37)24-9-6-8-23(16-24)34(40)41/h6,8-9,12-13,15-16,25-27,29,36,39-41H,5,7,10-11,14,17H2,1-4H3/b21-15+/t25-,26+,27-,29-/m1/s1. The predicted molar refractivity (Wildman–Crippen MR) is 164 cm³/mol. The molecule has 3 aliphatic rings. The number of amides is 2. The van der Waals surface area contributed by atoms with Crippen LogP contribution in [0.15, 0.2) is 53.1 Å². The van der Waals surface area contributed by atoms with Gasteiger partial charge in [0.05, 0.1) is 23.6 Å². The number of phenols is 1. The Morgan fingerprint density at radius 2 is 1.79 bits per heavy atom. The second kappa shape index (κ2) is 12.2. The fraction of sp³-hybridized carbons (Fsp3) is 0.438. The number of carbonyl (C=O) groups excluding carboxylic acids is 2. The van der Waals surface area contributed by atoms with Crippen molar-refractivity contribution in [3.05, 3.63) is 69.8 Å². The first-order valence-corrected chi connectivity index (χ1v) is 14.9. The van der Waals surface area contributed by atoms with Crippen LogP contribution in [0, 0.1) is 31.6 Å². The van der Waals surface area contributed by atoms with E-state index in [4.69, 9.17) is 4.65 Å². The number of anilines is 1. The fourth-order valence-corrected chi connectivity index (χ4v) is 7.21. The maximum atomic E-state index is 13.8. The lowest BCUT2D eigenvalue weighted by Crippen LogP contribution is -2.46. The van der Waals surface area contributed by atoms with Crippen LogP contribution in [-0.2, 0) is 14.2 Å². The minimum absolute atomic E-state index is 0.202. The lowest BCUT2D eigenvalue weighted by atomic mass is 9.58. The van der Waals surface area contributed by atoms with E-state index in [1.54, 1.807) is 12.1 Å². The van der Waals surface area contributed by atoms with E-state index >= 15 is 0 Å². The Labute approximate surface area is 248 Å². The number of fused-ring (bicyclic) bond motifs is 3. The van der Waals surface area contributed by atoms with Gasteiger partial charge in [-0.2, -0.15) is 0 Å². The number of carbonyl (C=O) groups is 2. The van der Waals surface area contributed by atoms with Gasteiger partial charge < -0.3 is 24.8 Å². The number of benzene rings is 2. The number of aryl methyl sites for hydroxylation is 2. The van der Waals surface area contributed by atoms with E-state index in [1.807, 2.05) is 32.9 Å². The molecule has 2 heterocycles. The van der Waals surface area contributed by atoms with Gasteiger partial charge in [-0.15, -0.1) is 0 Å². The van der Waals surface area contributed by atoms with Gasteiger partial charge in [0, 0.05) is 0 Å². The van der Waals surface area contributed by atoms with Crippen LogP contribution in [0.4, 0.5) is 5.69 Å². The highest BCUT2D eigenvalue weighted by Crippen LogP contribution is 2.51. The van der Waals surface area contributed by atoms with Crippen molar-refractivity contribution >= 4 is 43.3 Å². The molecule has 42 heavy (non-hydrogen) atoms. The summed E-state index contributed by atoms with van der Waals surface area (Å²) in [5.74, 6) is -1.74. The van der Waals surface area contributed by atoms with Gasteiger partial charge in [0.1, 0.15) is 5.75 Å². The van der Waals surface area contributed by atoms with Crippen LogP contribution in [0.25, 0.3) is 6.08 Å². The van der Waals surface area contributed by atoms with Gasteiger partial charge in [-0.3, -0.25) is 14.5 Å². The van der Waals surface area contributed by atoms with E-state index in [9.17, 15) is 29.8 Å². The number of imide groups is 1. The Hall–Kier alpha value is -3.17. The minimum Gasteiger partial charge on any atom is -0.507 e. The summed E-state index contributed by atoms with van der Waals surface area (Å²) in [7, 11) is -2.75. The van der Waals surface area contributed by atoms with Gasteiger partial charge >= 0.3 is 14.2 Å². The van der Waals surface area contributed by atoms with Crippen LogP contribution in [-0.4, -0.2) is 52.3 Å². The van der Waals surface area contributed by atoms with Crippen molar-refractivity contribution in [1.29, 1.82) is 0 Å². The number of hydrogen-bond donors (Lipinski definition) is 4. The largest absolute Gasteiger partial charge is 0.507 e. The maximum absolute atomic E-state index is 13.8. The van der Waals surface area contributed by atoms with Crippen LogP contribution >= 0.6 is 0 Å². The molecule has 0 radical (unpaired) electrons. The molecule has 0 spiro atoms. The number of nitrogens with zero attached hydrogens (tertiary/aromatic N) is 1. The van der Waals surface area contributed by atoms with E-state index in [-0.39, 0.29) is 35.6 Å². The first-order chi connectivity index (χ1) is 20.0. The zero-order valence-corrected chi connectivity index (χ0v) is 24.7. The highest BCUT2D eigenvalue weighted by molar-refractivity contribution is 6.58. The number of phenolic OH excluding ortho intramolecular Hbond substituents is 1. The molecular formula is C32H39B2NO7. The van der Waals surface area contributed by atoms with E-state index < -0.39 is 26.1 Å². The first-order valence-electron chi connectivity index (χ1n) is 14.9. The molecule has 0 bridgehead atoms. The van der Waals surface area contributed by atoms with Gasteiger partial charge in [-0.05, 0) is 111 Å². The quantitative estimate of drug-likeness (QED) is 0.216. The third-order valence-electron chi connectivity index (χ3n) is 9.06. The van der Waals surface area contributed by atoms with Crippen LogP contribution < -0.4 is 10.4 Å². The molecule has 220 valence electrons. The van der Waals surface area contributed by atoms with E-state index in [0.717, 1.165) is 47.1 Å². The van der Waals surface area contributed by atoms with Crippen molar-refractivity contribution in [3.63, 3.8) is 0 Å². The van der Waals surface area contributed by atoms with Crippen molar-refractivity contribution in [2.75, 3.05) is 4.90 Å². The summed E-state index contributed by atoms with van der Waals surface area (Å²) in [6.45, 7) is 7.92. The Kier molecular flexibility index (Phi) is 8.81. The monoisotopic (exact) mass is 571 g/mol. The summed E-state index contributed by atoms with van der Waals surface area (Å²) in [5.41, 5.74) is 6.54. The van der Waals surface area contributed by atoms with Crippen LogP contribution in [0.1, 0.15) is 62.6 Å². The highest BCUT2D eigenvalue weighted by Gasteiger charge is 2.57. The molecule has 0 aromatic heterocycles. The molecule has 10 heteroatoms. The third-order valence-corrected chi connectivity index (χ3v) is 9.06. The number of rotatable bonds is 8. The molecule has 5 rings (SSSR count). The van der Waals surface area contributed by atoms with E-state index in [1.165, 1.54) is 22.6 Å². The molecule has 1 aliphatic carbocycles. The Bertz CT molecular complexity index is 1430. The Balaban J connectivity index is 1.40. The van der Waals surface area contributed by atoms with Gasteiger partial charge in [0.2, 0.25) is 11.8 Å². The van der Waals surface area contributed by atoms with Crippen molar-refractivity contribution in [2.24, 2.45) is 17.8 Å². The number of allylic oxidation sites excluding steroid dienone is 2. The molecule has 2 amide bonds. The molecule has 0 saturated carbocycles. The molecule has 2 aliphatic heterocycles. The van der Waals surface area contributed by atoms with Gasteiger partial charge in [0.25, 0.3) is 0 Å². The van der Waals surface area contributed by atoms with Crippen LogP contribution in [0.5, 0.6) is 5.75 Å². The normalized spacial score (nSPS) is 24.3. The van der Waals surface area contributed by atoms with Crippen molar-refractivity contribution in [1.82, 2.24) is 0 Å². The van der Waals surface area contributed by atoms with Crippen molar-refractivity contribution in [3.8, 4) is 5.75 Å². The molecule has 0 unspecified atom stereocenters. The average Bonchev–Trinajstić information content (AvgIpc) is 3.19. The van der Waals surface area contributed by atoms with Crippen LogP contribution in [0.3, 0.4) is 0 Å². The number of aromatic hydroxyl groups is 1. The smallest absolute Gasteiger partial charge is 0.488 e. The summed E-state index contributed by atoms with van der Waals surface area (Å²) < 4.78 is 6.10. The summed E-state index contributed by atoms with van der Waals surface area (Å²) in [5, 5.41) is 40.2. The lowest BCUT2D eigenvalue weighted by molar-refractivity contribution is -0.122. The molecule has 2 aromatic rings. The summed E-state index contributed by atoms with van der Waals surface area (Å²) in [4.78, 5) is 28.6. The van der Waals surface area contributed by atoms with Crippen molar-refractivity contribution in [2.45, 2.75) is 72.2 Å². The van der Waals surface area contributed by atoms with Gasteiger partial charge in [-0.1, -0.05) is 42.7 Å². The predicted octanol–water partition coefficient (Wildman–Crippen LogP) is 3.67. The Morgan fingerprint density at radius 3 is 2.45 bits per heavy atom.